The van der Waals surface area contributed by atoms with Gasteiger partial charge in [0, 0.05) is 65.0 Å². The third-order valence-electron chi connectivity index (χ3n) is 5.06. The molecule has 1 saturated heterocycles. The number of piperazine rings is 1. The van der Waals surface area contributed by atoms with Gasteiger partial charge in [0.1, 0.15) is 0 Å². The van der Waals surface area contributed by atoms with Crippen molar-refractivity contribution < 1.29 is 0 Å². The largest absolute Gasteiger partial charge is 0.357 e. The van der Waals surface area contributed by atoms with Crippen LogP contribution in [0.15, 0.2) is 53.4 Å². The SMILES string of the molecule is CN1CCN(Cc2c(CSc3ccccc3)[nH]c3ccc(Cl)cc23)CC1. The lowest BCUT2D eigenvalue weighted by Crippen LogP contribution is -2.43. The number of thioether (sulfide) groups is 1. The molecule has 1 aliphatic rings. The highest BCUT2D eigenvalue weighted by molar-refractivity contribution is 7.98. The third-order valence-corrected chi connectivity index (χ3v) is 6.33. The lowest BCUT2D eigenvalue weighted by molar-refractivity contribution is 0.148. The van der Waals surface area contributed by atoms with E-state index in [1.165, 1.54) is 27.1 Å². The molecule has 26 heavy (non-hydrogen) atoms. The molecule has 0 unspecified atom stereocenters. The van der Waals surface area contributed by atoms with Crippen LogP contribution >= 0.6 is 23.4 Å². The summed E-state index contributed by atoms with van der Waals surface area (Å²) < 4.78 is 0. The quantitative estimate of drug-likeness (QED) is 0.634. The minimum Gasteiger partial charge on any atom is -0.357 e. The maximum Gasteiger partial charge on any atom is 0.0460 e. The number of rotatable bonds is 5. The van der Waals surface area contributed by atoms with Gasteiger partial charge in [0.25, 0.3) is 0 Å². The van der Waals surface area contributed by atoms with Gasteiger partial charge in [-0.2, -0.15) is 0 Å². The first kappa shape index (κ1) is 17.9. The summed E-state index contributed by atoms with van der Waals surface area (Å²) in [6.45, 7) is 5.50. The van der Waals surface area contributed by atoms with Gasteiger partial charge in [-0.1, -0.05) is 29.8 Å². The van der Waals surface area contributed by atoms with Crippen LogP contribution in [0.3, 0.4) is 0 Å². The Morgan fingerprint density at radius 2 is 1.81 bits per heavy atom. The zero-order chi connectivity index (χ0) is 17.9. The van der Waals surface area contributed by atoms with Crippen molar-refractivity contribution in [3.05, 3.63) is 64.8 Å². The fourth-order valence-corrected chi connectivity index (χ4v) is 4.56. The molecule has 0 bridgehead atoms. The zero-order valence-electron chi connectivity index (χ0n) is 15.0. The molecule has 1 aliphatic heterocycles. The first-order valence-electron chi connectivity index (χ1n) is 9.07. The molecule has 1 N–H and O–H groups in total. The average molecular weight is 386 g/mol. The van der Waals surface area contributed by atoms with Gasteiger partial charge in [0.15, 0.2) is 0 Å². The van der Waals surface area contributed by atoms with E-state index in [9.17, 15) is 0 Å². The highest BCUT2D eigenvalue weighted by Crippen LogP contribution is 2.31. The summed E-state index contributed by atoms with van der Waals surface area (Å²) in [7, 11) is 2.20. The Morgan fingerprint density at radius 1 is 1.04 bits per heavy atom. The molecule has 2 aromatic carbocycles. The Kier molecular flexibility index (Phi) is 5.55. The molecule has 0 radical (unpaired) electrons. The minimum atomic E-state index is 0.804. The van der Waals surface area contributed by atoms with Crippen LogP contribution in [0.2, 0.25) is 5.02 Å². The number of aromatic nitrogens is 1. The Labute approximate surface area is 164 Å². The third kappa shape index (κ3) is 4.09. The van der Waals surface area contributed by atoms with Crippen LogP contribution < -0.4 is 0 Å². The molecule has 2 heterocycles. The molecular formula is C21H24ClN3S. The van der Waals surface area contributed by atoms with Crippen molar-refractivity contribution in [3.8, 4) is 0 Å². The van der Waals surface area contributed by atoms with E-state index in [0.717, 1.165) is 43.5 Å². The molecule has 0 amide bonds. The molecule has 5 heteroatoms. The molecule has 0 atom stereocenters. The van der Waals surface area contributed by atoms with Gasteiger partial charge in [-0.3, -0.25) is 4.90 Å². The summed E-state index contributed by atoms with van der Waals surface area (Å²) in [6, 6.07) is 16.8. The zero-order valence-corrected chi connectivity index (χ0v) is 16.6. The van der Waals surface area contributed by atoms with E-state index in [0.29, 0.717) is 0 Å². The number of halogens is 1. The molecular weight excluding hydrogens is 362 g/mol. The van der Waals surface area contributed by atoms with Crippen LogP contribution in [0.5, 0.6) is 0 Å². The van der Waals surface area contributed by atoms with E-state index in [2.05, 4.69) is 64.3 Å². The van der Waals surface area contributed by atoms with Gasteiger partial charge in [-0.15, -0.1) is 11.8 Å². The molecule has 4 rings (SSSR count). The summed E-state index contributed by atoms with van der Waals surface area (Å²) >= 11 is 8.17. The monoisotopic (exact) mass is 385 g/mol. The maximum atomic E-state index is 6.30. The van der Waals surface area contributed by atoms with Gasteiger partial charge in [-0.05, 0) is 42.9 Å². The predicted octanol–water partition coefficient (Wildman–Crippen LogP) is 4.86. The summed E-state index contributed by atoms with van der Waals surface area (Å²) in [5.41, 5.74) is 3.90. The number of hydrogen-bond acceptors (Lipinski definition) is 3. The molecule has 1 fully saturated rings. The number of hydrogen-bond donors (Lipinski definition) is 1. The Morgan fingerprint density at radius 3 is 2.58 bits per heavy atom. The highest BCUT2D eigenvalue weighted by atomic mass is 35.5. The van der Waals surface area contributed by atoms with Crippen molar-refractivity contribution in [2.24, 2.45) is 0 Å². The predicted molar refractivity (Wildman–Crippen MR) is 112 cm³/mol. The first-order chi connectivity index (χ1) is 12.7. The second-order valence-corrected chi connectivity index (χ2v) is 8.44. The number of H-pyrrole nitrogens is 1. The normalized spacial score (nSPS) is 16.4. The van der Waals surface area contributed by atoms with Gasteiger partial charge < -0.3 is 9.88 Å². The highest BCUT2D eigenvalue weighted by Gasteiger charge is 2.19. The standard InChI is InChI=1S/C21H24ClN3S/c1-24-9-11-25(12-10-24)14-19-18-13-16(22)7-8-20(18)23-21(19)15-26-17-5-3-2-4-6-17/h2-8,13,23H,9-12,14-15H2,1H3. The summed E-state index contributed by atoms with van der Waals surface area (Å²) in [5, 5.41) is 2.07. The van der Waals surface area contributed by atoms with Crippen molar-refractivity contribution in [2.45, 2.75) is 17.2 Å². The van der Waals surface area contributed by atoms with Crippen LogP contribution in [0.1, 0.15) is 11.3 Å². The van der Waals surface area contributed by atoms with E-state index >= 15 is 0 Å². The lowest BCUT2D eigenvalue weighted by Gasteiger charge is -2.32. The number of likely N-dealkylation sites (N-methyl/N-ethyl adjacent to an activating group) is 1. The molecule has 0 spiro atoms. The molecule has 3 aromatic rings. The van der Waals surface area contributed by atoms with Gasteiger partial charge in [0.05, 0.1) is 0 Å². The van der Waals surface area contributed by atoms with Gasteiger partial charge in [-0.25, -0.2) is 0 Å². The van der Waals surface area contributed by atoms with Crippen molar-refractivity contribution in [1.29, 1.82) is 0 Å². The molecule has 0 saturated carbocycles. The molecule has 3 nitrogen and oxygen atoms in total. The van der Waals surface area contributed by atoms with Crippen molar-refractivity contribution in [2.75, 3.05) is 33.2 Å². The smallest absolute Gasteiger partial charge is 0.0460 e. The Balaban J connectivity index is 1.60. The summed E-state index contributed by atoms with van der Waals surface area (Å²) in [4.78, 5) is 9.90. The fourth-order valence-electron chi connectivity index (χ4n) is 3.48. The maximum absolute atomic E-state index is 6.30. The second-order valence-electron chi connectivity index (χ2n) is 6.95. The lowest BCUT2D eigenvalue weighted by atomic mass is 10.1. The summed E-state index contributed by atoms with van der Waals surface area (Å²) in [5.74, 6) is 0.944. The number of nitrogens with one attached hydrogen (secondary N) is 1. The van der Waals surface area contributed by atoms with Crippen molar-refractivity contribution in [3.63, 3.8) is 0 Å². The topological polar surface area (TPSA) is 22.3 Å². The molecule has 0 aliphatic carbocycles. The number of nitrogens with zero attached hydrogens (tertiary/aromatic N) is 2. The first-order valence-corrected chi connectivity index (χ1v) is 10.4. The van der Waals surface area contributed by atoms with Crippen LogP contribution in [0.25, 0.3) is 10.9 Å². The fraction of sp³-hybridized carbons (Fsp3) is 0.333. The van der Waals surface area contributed by atoms with Crippen molar-refractivity contribution in [1.82, 2.24) is 14.8 Å². The van der Waals surface area contributed by atoms with E-state index < -0.39 is 0 Å². The van der Waals surface area contributed by atoms with E-state index in [1.807, 2.05) is 17.8 Å². The molecule has 1 aromatic heterocycles. The Bertz CT molecular complexity index is 870. The van der Waals surface area contributed by atoms with Crippen LogP contribution in [-0.2, 0) is 12.3 Å². The van der Waals surface area contributed by atoms with Crippen LogP contribution in [0, 0.1) is 0 Å². The molecule has 136 valence electrons. The van der Waals surface area contributed by atoms with E-state index in [4.69, 9.17) is 11.6 Å². The second kappa shape index (κ2) is 8.05. The summed E-state index contributed by atoms with van der Waals surface area (Å²) in [6.07, 6.45) is 0. The van der Waals surface area contributed by atoms with Crippen molar-refractivity contribution >= 4 is 34.3 Å². The number of fused-ring (bicyclic) bond motifs is 1. The van der Waals surface area contributed by atoms with Crippen LogP contribution in [0.4, 0.5) is 0 Å². The number of benzene rings is 2. The Hall–Kier alpha value is -1.46. The average Bonchev–Trinajstić information content (AvgIpc) is 2.99. The van der Waals surface area contributed by atoms with Crippen LogP contribution in [-0.4, -0.2) is 48.0 Å². The van der Waals surface area contributed by atoms with Gasteiger partial charge >= 0.3 is 0 Å². The van der Waals surface area contributed by atoms with Gasteiger partial charge in [0.2, 0.25) is 0 Å². The van der Waals surface area contributed by atoms with E-state index in [-0.39, 0.29) is 0 Å². The number of aromatic amines is 1. The minimum absolute atomic E-state index is 0.804. The van der Waals surface area contributed by atoms with E-state index in [1.54, 1.807) is 0 Å².